The van der Waals surface area contributed by atoms with Gasteiger partial charge in [-0.15, -0.1) is 0 Å². The fraction of sp³-hybridized carbons (Fsp3) is 0.588. The van der Waals surface area contributed by atoms with Crippen molar-refractivity contribution in [1.29, 1.82) is 0 Å². The fourth-order valence-electron chi connectivity index (χ4n) is 2.56. The summed E-state index contributed by atoms with van der Waals surface area (Å²) in [4.78, 5) is 11.7. The lowest BCUT2D eigenvalue weighted by atomic mass is 10.1. The lowest BCUT2D eigenvalue weighted by molar-refractivity contribution is -0.121. The molecule has 1 aromatic carbocycles. The largest absolute Gasteiger partial charge is 0.376 e. The summed E-state index contributed by atoms with van der Waals surface area (Å²) in [5.41, 5.74) is 1.29. The van der Waals surface area contributed by atoms with Gasteiger partial charge in [0.25, 0.3) is 0 Å². The van der Waals surface area contributed by atoms with Gasteiger partial charge in [-0.05, 0) is 44.3 Å². The number of hydrogen-bond donors (Lipinski definition) is 2. The number of ether oxygens (including phenoxy) is 1. The molecule has 0 aromatic heterocycles. The van der Waals surface area contributed by atoms with E-state index in [2.05, 4.69) is 22.8 Å². The number of amides is 1. The molecule has 2 N–H and O–H groups in total. The number of carbonyl (C=O) groups excluding carboxylic acids is 1. The van der Waals surface area contributed by atoms with Crippen molar-refractivity contribution in [2.75, 3.05) is 26.2 Å². The molecule has 0 atom stereocenters. The van der Waals surface area contributed by atoms with E-state index in [1.807, 2.05) is 18.2 Å². The van der Waals surface area contributed by atoms with Crippen LogP contribution in [0, 0.1) is 0 Å². The summed E-state index contributed by atoms with van der Waals surface area (Å²) in [6, 6.07) is 10.3. The van der Waals surface area contributed by atoms with Crippen molar-refractivity contribution < 1.29 is 9.53 Å². The van der Waals surface area contributed by atoms with E-state index in [1.54, 1.807) is 0 Å². The Morgan fingerprint density at radius 2 is 2.00 bits per heavy atom. The van der Waals surface area contributed by atoms with Crippen molar-refractivity contribution in [2.45, 2.75) is 38.2 Å². The molecule has 2 rings (SSSR count). The van der Waals surface area contributed by atoms with Gasteiger partial charge in [0.15, 0.2) is 0 Å². The SMILES string of the molecule is O=C(CCCc1ccccc1)NCCOC1CCNCC1. The Kier molecular flexibility index (Phi) is 7.25. The number of piperidine rings is 1. The average Bonchev–Trinajstić information content (AvgIpc) is 2.54. The van der Waals surface area contributed by atoms with Crippen molar-refractivity contribution in [3.8, 4) is 0 Å². The molecule has 1 saturated heterocycles. The molecule has 0 radical (unpaired) electrons. The first-order valence-electron chi connectivity index (χ1n) is 7.97. The molecule has 0 saturated carbocycles. The quantitative estimate of drug-likeness (QED) is 0.719. The number of aryl methyl sites for hydroxylation is 1. The molecule has 1 heterocycles. The highest BCUT2D eigenvalue weighted by molar-refractivity contribution is 5.75. The summed E-state index contributed by atoms with van der Waals surface area (Å²) in [5.74, 6) is 0.125. The molecule has 1 fully saturated rings. The smallest absolute Gasteiger partial charge is 0.220 e. The Morgan fingerprint density at radius 1 is 1.24 bits per heavy atom. The minimum absolute atomic E-state index is 0.125. The number of rotatable bonds is 8. The van der Waals surface area contributed by atoms with Gasteiger partial charge in [0.05, 0.1) is 12.7 Å². The van der Waals surface area contributed by atoms with Crippen LogP contribution >= 0.6 is 0 Å². The van der Waals surface area contributed by atoms with Gasteiger partial charge in [-0.1, -0.05) is 30.3 Å². The first kappa shape index (κ1) is 16.0. The summed E-state index contributed by atoms with van der Waals surface area (Å²) in [7, 11) is 0. The zero-order valence-electron chi connectivity index (χ0n) is 12.6. The summed E-state index contributed by atoms with van der Waals surface area (Å²) >= 11 is 0. The first-order chi connectivity index (χ1) is 10.3. The maximum Gasteiger partial charge on any atom is 0.220 e. The molecule has 1 aromatic rings. The van der Waals surface area contributed by atoms with Crippen molar-refractivity contribution >= 4 is 5.91 Å². The second-order valence-electron chi connectivity index (χ2n) is 5.51. The van der Waals surface area contributed by atoms with Gasteiger partial charge in [0.1, 0.15) is 0 Å². The van der Waals surface area contributed by atoms with E-state index in [0.29, 0.717) is 25.7 Å². The third kappa shape index (κ3) is 6.74. The van der Waals surface area contributed by atoms with Crippen LogP contribution < -0.4 is 10.6 Å². The number of hydrogen-bond acceptors (Lipinski definition) is 3. The van der Waals surface area contributed by atoms with Crippen LogP contribution in [0.4, 0.5) is 0 Å². The molecule has 1 amide bonds. The second kappa shape index (κ2) is 9.53. The predicted molar refractivity (Wildman–Crippen MR) is 84.2 cm³/mol. The molecule has 21 heavy (non-hydrogen) atoms. The number of nitrogens with one attached hydrogen (secondary N) is 2. The third-order valence-electron chi connectivity index (χ3n) is 3.78. The van der Waals surface area contributed by atoms with Crippen LogP contribution in [0.3, 0.4) is 0 Å². The molecular formula is C17H26N2O2. The summed E-state index contributed by atoms with van der Waals surface area (Å²) < 4.78 is 5.75. The van der Waals surface area contributed by atoms with Gasteiger partial charge in [0.2, 0.25) is 5.91 Å². The fourth-order valence-corrected chi connectivity index (χ4v) is 2.56. The molecule has 116 valence electrons. The Balaban J connectivity index is 1.47. The van der Waals surface area contributed by atoms with Crippen LogP contribution in [0.15, 0.2) is 30.3 Å². The van der Waals surface area contributed by atoms with Crippen LogP contribution in [-0.2, 0) is 16.0 Å². The van der Waals surface area contributed by atoms with E-state index in [4.69, 9.17) is 4.74 Å². The monoisotopic (exact) mass is 290 g/mol. The van der Waals surface area contributed by atoms with E-state index in [-0.39, 0.29) is 5.91 Å². The zero-order chi connectivity index (χ0) is 14.8. The summed E-state index contributed by atoms with van der Waals surface area (Å²) in [6.07, 6.45) is 4.95. The van der Waals surface area contributed by atoms with Crippen molar-refractivity contribution in [3.63, 3.8) is 0 Å². The van der Waals surface area contributed by atoms with Crippen molar-refractivity contribution in [2.24, 2.45) is 0 Å². The van der Waals surface area contributed by atoms with Crippen molar-refractivity contribution in [3.05, 3.63) is 35.9 Å². The third-order valence-corrected chi connectivity index (χ3v) is 3.78. The molecule has 4 nitrogen and oxygen atoms in total. The van der Waals surface area contributed by atoms with Crippen LogP contribution in [0.5, 0.6) is 0 Å². The Hall–Kier alpha value is -1.39. The topological polar surface area (TPSA) is 50.4 Å². The first-order valence-corrected chi connectivity index (χ1v) is 7.97. The Bertz CT molecular complexity index is 403. The molecule has 0 unspecified atom stereocenters. The van der Waals surface area contributed by atoms with Gasteiger partial charge in [-0.3, -0.25) is 4.79 Å². The van der Waals surface area contributed by atoms with E-state index < -0.39 is 0 Å². The highest BCUT2D eigenvalue weighted by Gasteiger charge is 2.12. The molecular weight excluding hydrogens is 264 g/mol. The predicted octanol–water partition coefficient (Wildman–Crippen LogP) is 1.89. The number of carbonyl (C=O) groups is 1. The van der Waals surface area contributed by atoms with Gasteiger partial charge in [-0.25, -0.2) is 0 Å². The van der Waals surface area contributed by atoms with Gasteiger partial charge >= 0.3 is 0 Å². The van der Waals surface area contributed by atoms with Crippen molar-refractivity contribution in [1.82, 2.24) is 10.6 Å². The standard InChI is InChI=1S/C17H26N2O2/c20-17(8-4-7-15-5-2-1-3-6-15)19-13-14-21-16-9-11-18-12-10-16/h1-3,5-6,16,18H,4,7-14H2,(H,19,20). The van der Waals surface area contributed by atoms with Crippen LogP contribution in [0.2, 0.25) is 0 Å². The van der Waals surface area contributed by atoms with Gasteiger partial charge in [-0.2, -0.15) is 0 Å². The molecule has 0 spiro atoms. The maximum atomic E-state index is 11.7. The molecule has 4 heteroatoms. The van der Waals surface area contributed by atoms with E-state index in [9.17, 15) is 4.79 Å². The normalized spacial score (nSPS) is 15.8. The Labute approximate surface area is 127 Å². The molecule has 1 aliphatic rings. The molecule has 1 aliphatic heterocycles. The highest BCUT2D eigenvalue weighted by atomic mass is 16.5. The lowest BCUT2D eigenvalue weighted by Crippen LogP contribution is -2.34. The highest BCUT2D eigenvalue weighted by Crippen LogP contribution is 2.06. The minimum atomic E-state index is 0.125. The average molecular weight is 290 g/mol. The lowest BCUT2D eigenvalue weighted by Gasteiger charge is -2.22. The van der Waals surface area contributed by atoms with E-state index in [0.717, 1.165) is 38.8 Å². The Morgan fingerprint density at radius 3 is 2.76 bits per heavy atom. The zero-order valence-corrected chi connectivity index (χ0v) is 12.6. The van der Waals surface area contributed by atoms with Crippen LogP contribution in [0.25, 0.3) is 0 Å². The van der Waals surface area contributed by atoms with E-state index in [1.165, 1.54) is 5.56 Å². The van der Waals surface area contributed by atoms with Crippen LogP contribution in [-0.4, -0.2) is 38.3 Å². The maximum absolute atomic E-state index is 11.7. The minimum Gasteiger partial charge on any atom is -0.376 e. The second-order valence-corrected chi connectivity index (χ2v) is 5.51. The van der Waals surface area contributed by atoms with Crippen LogP contribution in [0.1, 0.15) is 31.2 Å². The van der Waals surface area contributed by atoms with E-state index >= 15 is 0 Å². The molecule has 0 aliphatic carbocycles. The van der Waals surface area contributed by atoms with Gasteiger partial charge < -0.3 is 15.4 Å². The number of benzene rings is 1. The van der Waals surface area contributed by atoms with Gasteiger partial charge in [0, 0.05) is 13.0 Å². The molecule has 0 bridgehead atoms. The summed E-state index contributed by atoms with van der Waals surface area (Å²) in [5, 5.41) is 6.24. The summed E-state index contributed by atoms with van der Waals surface area (Å²) in [6.45, 7) is 3.32.